The van der Waals surface area contributed by atoms with E-state index in [2.05, 4.69) is 5.10 Å². The minimum absolute atomic E-state index is 0.232. The first-order chi connectivity index (χ1) is 12.8. The summed E-state index contributed by atoms with van der Waals surface area (Å²) in [5.41, 5.74) is 1.69. The number of rotatable bonds is 4. The summed E-state index contributed by atoms with van der Waals surface area (Å²) in [6, 6.07) is 10.4. The molecule has 6 nitrogen and oxygen atoms in total. The Morgan fingerprint density at radius 1 is 1.19 bits per heavy atom. The van der Waals surface area contributed by atoms with Crippen molar-refractivity contribution in [3.63, 3.8) is 0 Å². The lowest BCUT2D eigenvalue weighted by Gasteiger charge is -2.33. The number of aromatic nitrogens is 2. The van der Waals surface area contributed by atoms with Gasteiger partial charge in [0.1, 0.15) is 12.2 Å². The van der Waals surface area contributed by atoms with Crippen LogP contribution in [0.4, 0.5) is 4.79 Å². The second kappa shape index (κ2) is 8.03. The van der Waals surface area contributed by atoms with E-state index in [0.717, 1.165) is 24.0 Å². The van der Waals surface area contributed by atoms with E-state index in [-0.39, 0.29) is 12.1 Å². The average Bonchev–Trinajstić information content (AvgIpc) is 3.00. The molecule has 3 rings (SSSR count). The fourth-order valence-electron chi connectivity index (χ4n) is 3.16. The maximum Gasteiger partial charge on any atom is 0.410 e. The molecular weight excluding hydrogens is 342 g/mol. The molecule has 0 saturated carbocycles. The monoisotopic (exact) mass is 371 g/mol. The first-order valence-electron chi connectivity index (χ1n) is 9.52. The van der Waals surface area contributed by atoms with Crippen molar-refractivity contribution in [3.8, 4) is 5.88 Å². The third-order valence-electron chi connectivity index (χ3n) is 4.58. The minimum Gasteiger partial charge on any atom is -0.472 e. The predicted molar refractivity (Wildman–Crippen MR) is 104 cm³/mol. The van der Waals surface area contributed by atoms with Gasteiger partial charge in [0.05, 0.1) is 6.04 Å². The number of hydrogen-bond acceptors (Lipinski definition) is 4. The van der Waals surface area contributed by atoms with Crippen LogP contribution in [-0.4, -0.2) is 39.5 Å². The normalized spacial score (nSPS) is 15.6. The zero-order chi connectivity index (χ0) is 19.4. The van der Waals surface area contributed by atoms with Gasteiger partial charge in [-0.2, -0.15) is 0 Å². The second-order valence-electron chi connectivity index (χ2n) is 8.07. The highest BCUT2D eigenvalue weighted by molar-refractivity contribution is 5.68. The van der Waals surface area contributed by atoms with Gasteiger partial charge in [-0.25, -0.2) is 4.79 Å². The first kappa shape index (κ1) is 19.3. The fraction of sp³-hybridized carbons (Fsp3) is 0.524. The Labute approximate surface area is 161 Å². The maximum absolute atomic E-state index is 12.2. The van der Waals surface area contributed by atoms with Gasteiger partial charge in [-0.3, -0.25) is 4.68 Å². The van der Waals surface area contributed by atoms with Crippen molar-refractivity contribution in [1.82, 2.24) is 14.7 Å². The molecule has 0 bridgehead atoms. The van der Waals surface area contributed by atoms with E-state index in [1.807, 2.05) is 68.9 Å². The molecule has 2 aromatic rings. The summed E-state index contributed by atoms with van der Waals surface area (Å²) in [6.45, 7) is 9.55. The number of likely N-dealkylation sites (tertiary alicyclic amines) is 1. The molecule has 0 atom stereocenters. The minimum atomic E-state index is -0.460. The summed E-state index contributed by atoms with van der Waals surface area (Å²) < 4.78 is 13.3. The smallest absolute Gasteiger partial charge is 0.410 e. The zero-order valence-corrected chi connectivity index (χ0v) is 16.6. The number of aryl methyl sites for hydroxylation is 1. The Balaban J connectivity index is 1.55. The third kappa shape index (κ3) is 5.25. The standard InChI is InChI=1S/C21H29N3O3/c1-16-14-24(22-19(16)26-15-17-8-6-5-7-9-17)18-10-12-23(13-11-18)20(25)27-21(2,3)4/h5-9,14,18H,10-13,15H2,1-4H3. The molecule has 0 radical (unpaired) electrons. The number of amides is 1. The van der Waals surface area contributed by atoms with E-state index in [9.17, 15) is 4.79 Å². The van der Waals surface area contributed by atoms with E-state index >= 15 is 0 Å². The zero-order valence-electron chi connectivity index (χ0n) is 16.6. The lowest BCUT2D eigenvalue weighted by atomic mass is 10.1. The van der Waals surface area contributed by atoms with Crippen LogP contribution in [0.1, 0.15) is 50.8 Å². The quantitative estimate of drug-likeness (QED) is 0.802. The molecule has 1 aromatic carbocycles. The highest BCUT2D eigenvalue weighted by Crippen LogP contribution is 2.26. The summed E-state index contributed by atoms with van der Waals surface area (Å²) in [5.74, 6) is 0.674. The molecule has 1 aromatic heterocycles. The van der Waals surface area contributed by atoms with Crippen LogP contribution in [0, 0.1) is 6.92 Å². The molecule has 1 aliphatic heterocycles. The van der Waals surface area contributed by atoms with Crippen molar-refractivity contribution in [2.75, 3.05) is 13.1 Å². The molecule has 27 heavy (non-hydrogen) atoms. The third-order valence-corrected chi connectivity index (χ3v) is 4.58. The number of benzene rings is 1. The van der Waals surface area contributed by atoms with Gasteiger partial charge in [-0.1, -0.05) is 30.3 Å². The molecule has 0 N–H and O–H groups in total. The van der Waals surface area contributed by atoms with E-state index in [1.54, 1.807) is 4.90 Å². The molecule has 1 amide bonds. The van der Waals surface area contributed by atoms with Crippen LogP contribution in [-0.2, 0) is 11.3 Å². The van der Waals surface area contributed by atoms with Gasteiger partial charge >= 0.3 is 6.09 Å². The summed E-state index contributed by atoms with van der Waals surface area (Å²) in [6.07, 6.45) is 3.52. The Morgan fingerprint density at radius 2 is 1.85 bits per heavy atom. The molecule has 146 valence electrons. The number of piperidine rings is 1. The van der Waals surface area contributed by atoms with Crippen LogP contribution >= 0.6 is 0 Å². The van der Waals surface area contributed by atoms with Gasteiger partial charge in [-0.15, -0.1) is 5.10 Å². The number of carbonyl (C=O) groups is 1. The molecule has 1 saturated heterocycles. The van der Waals surface area contributed by atoms with E-state index in [0.29, 0.717) is 25.6 Å². The molecule has 2 heterocycles. The van der Waals surface area contributed by atoms with E-state index in [1.165, 1.54) is 0 Å². The van der Waals surface area contributed by atoms with Crippen molar-refractivity contribution in [2.24, 2.45) is 0 Å². The first-order valence-corrected chi connectivity index (χ1v) is 9.52. The van der Waals surface area contributed by atoms with Crippen LogP contribution in [0.3, 0.4) is 0 Å². The van der Waals surface area contributed by atoms with E-state index < -0.39 is 5.60 Å². The van der Waals surface area contributed by atoms with Crippen molar-refractivity contribution < 1.29 is 14.3 Å². The number of hydrogen-bond donors (Lipinski definition) is 0. The van der Waals surface area contributed by atoms with Crippen molar-refractivity contribution in [2.45, 2.75) is 58.8 Å². The van der Waals surface area contributed by atoms with Gasteiger partial charge < -0.3 is 14.4 Å². The van der Waals surface area contributed by atoms with Crippen LogP contribution in [0.15, 0.2) is 36.5 Å². The van der Waals surface area contributed by atoms with Gasteiger partial charge in [0.15, 0.2) is 0 Å². The average molecular weight is 371 g/mol. The predicted octanol–water partition coefficient (Wildman–Crippen LogP) is 4.34. The van der Waals surface area contributed by atoms with Crippen molar-refractivity contribution in [3.05, 3.63) is 47.7 Å². The summed E-state index contributed by atoms with van der Waals surface area (Å²) in [4.78, 5) is 14.0. The maximum atomic E-state index is 12.2. The molecule has 0 unspecified atom stereocenters. The highest BCUT2D eigenvalue weighted by atomic mass is 16.6. The van der Waals surface area contributed by atoms with Crippen molar-refractivity contribution in [1.29, 1.82) is 0 Å². The summed E-state index contributed by atoms with van der Waals surface area (Å²) >= 11 is 0. The van der Waals surface area contributed by atoms with Crippen LogP contribution in [0.25, 0.3) is 0 Å². The largest absolute Gasteiger partial charge is 0.472 e. The molecule has 1 aliphatic rings. The Bertz CT molecular complexity index is 757. The molecular formula is C21H29N3O3. The molecule has 1 fully saturated rings. The molecule has 6 heteroatoms. The van der Waals surface area contributed by atoms with E-state index in [4.69, 9.17) is 9.47 Å². The Hall–Kier alpha value is -2.50. The topological polar surface area (TPSA) is 56.6 Å². The second-order valence-corrected chi connectivity index (χ2v) is 8.07. The van der Waals surface area contributed by atoms with Gasteiger partial charge in [0.2, 0.25) is 5.88 Å². The Morgan fingerprint density at radius 3 is 2.48 bits per heavy atom. The summed E-state index contributed by atoms with van der Waals surface area (Å²) in [5, 5.41) is 4.64. The number of nitrogens with zero attached hydrogens (tertiary/aromatic N) is 3. The number of carbonyl (C=O) groups excluding carboxylic acids is 1. The van der Waals surface area contributed by atoms with Crippen molar-refractivity contribution >= 4 is 6.09 Å². The van der Waals surface area contributed by atoms with Gasteiger partial charge in [0.25, 0.3) is 0 Å². The van der Waals surface area contributed by atoms with Crippen LogP contribution in [0.2, 0.25) is 0 Å². The highest BCUT2D eigenvalue weighted by Gasteiger charge is 2.28. The number of ether oxygens (including phenoxy) is 2. The fourth-order valence-corrected chi connectivity index (χ4v) is 3.16. The van der Waals surface area contributed by atoms with Crippen LogP contribution in [0.5, 0.6) is 5.88 Å². The molecule has 0 spiro atoms. The van der Waals surface area contributed by atoms with Crippen LogP contribution < -0.4 is 4.74 Å². The van der Waals surface area contributed by atoms with Gasteiger partial charge in [0, 0.05) is 24.8 Å². The molecule has 0 aliphatic carbocycles. The lowest BCUT2D eigenvalue weighted by Crippen LogP contribution is -2.42. The lowest BCUT2D eigenvalue weighted by molar-refractivity contribution is 0.0184. The summed E-state index contributed by atoms with van der Waals surface area (Å²) in [7, 11) is 0. The van der Waals surface area contributed by atoms with Gasteiger partial charge in [-0.05, 0) is 46.1 Å². The SMILES string of the molecule is Cc1cn(C2CCN(C(=O)OC(C)(C)C)CC2)nc1OCc1ccccc1. The Kier molecular flexibility index (Phi) is 5.73.